The third kappa shape index (κ3) is 4.20. The van der Waals surface area contributed by atoms with E-state index in [0.717, 1.165) is 11.7 Å². The van der Waals surface area contributed by atoms with E-state index in [-0.39, 0.29) is 0 Å². The molecule has 84 valence electrons. The van der Waals surface area contributed by atoms with E-state index >= 15 is 0 Å². The number of thiol groups is 1. The first-order valence-corrected chi connectivity index (χ1v) is 6.41. The molecule has 0 aromatic carbocycles. The van der Waals surface area contributed by atoms with Gasteiger partial charge < -0.3 is 9.80 Å². The summed E-state index contributed by atoms with van der Waals surface area (Å²) in [6, 6.07) is 0. The average molecular weight is 216 g/mol. The summed E-state index contributed by atoms with van der Waals surface area (Å²) >= 11 is 4.43. The molecule has 0 saturated carbocycles. The molecule has 1 saturated heterocycles. The maximum Gasteiger partial charge on any atom is 0.0110 e. The van der Waals surface area contributed by atoms with Gasteiger partial charge in [0, 0.05) is 32.7 Å². The summed E-state index contributed by atoms with van der Waals surface area (Å²) < 4.78 is 0. The fourth-order valence-corrected chi connectivity index (χ4v) is 2.34. The van der Waals surface area contributed by atoms with Crippen LogP contribution in [0.5, 0.6) is 0 Å². The SMILES string of the molecule is CCCC(CS)CN1CCN(C)CC1. The van der Waals surface area contributed by atoms with Gasteiger partial charge in [0.05, 0.1) is 0 Å². The second-order valence-corrected chi connectivity index (χ2v) is 4.81. The van der Waals surface area contributed by atoms with Crippen LogP contribution < -0.4 is 0 Å². The minimum absolute atomic E-state index is 0.798. The molecule has 3 heteroatoms. The van der Waals surface area contributed by atoms with Gasteiger partial charge in [-0.3, -0.25) is 0 Å². The minimum atomic E-state index is 0.798. The molecule has 0 amide bonds. The molecular formula is C11H24N2S. The normalized spacial score (nSPS) is 22.5. The molecule has 0 N–H and O–H groups in total. The highest BCUT2D eigenvalue weighted by atomic mass is 32.1. The fourth-order valence-electron chi connectivity index (χ4n) is 2.04. The largest absolute Gasteiger partial charge is 0.304 e. The van der Waals surface area contributed by atoms with Crippen molar-refractivity contribution in [2.75, 3.05) is 45.5 Å². The van der Waals surface area contributed by atoms with E-state index in [0.29, 0.717) is 0 Å². The van der Waals surface area contributed by atoms with Crippen molar-refractivity contribution in [3.8, 4) is 0 Å². The Morgan fingerprint density at radius 3 is 2.36 bits per heavy atom. The van der Waals surface area contributed by atoms with Crippen LogP contribution in [0.1, 0.15) is 19.8 Å². The van der Waals surface area contributed by atoms with Gasteiger partial charge in [0.2, 0.25) is 0 Å². The molecule has 1 fully saturated rings. The van der Waals surface area contributed by atoms with Crippen LogP contribution in [-0.2, 0) is 0 Å². The third-order valence-corrected chi connectivity index (χ3v) is 3.58. The van der Waals surface area contributed by atoms with Crippen molar-refractivity contribution in [3.05, 3.63) is 0 Å². The maximum atomic E-state index is 4.43. The van der Waals surface area contributed by atoms with Crippen LogP contribution >= 0.6 is 12.6 Å². The Kier molecular flexibility index (Phi) is 5.90. The molecule has 0 aromatic rings. The number of hydrogen-bond donors (Lipinski definition) is 1. The number of likely N-dealkylation sites (N-methyl/N-ethyl adjacent to an activating group) is 1. The minimum Gasteiger partial charge on any atom is -0.304 e. The van der Waals surface area contributed by atoms with Gasteiger partial charge in [-0.1, -0.05) is 13.3 Å². The van der Waals surface area contributed by atoms with E-state index in [2.05, 4.69) is 36.4 Å². The van der Waals surface area contributed by atoms with Crippen molar-refractivity contribution < 1.29 is 0 Å². The highest BCUT2D eigenvalue weighted by Crippen LogP contribution is 2.11. The fraction of sp³-hybridized carbons (Fsp3) is 1.00. The van der Waals surface area contributed by atoms with Gasteiger partial charge in [-0.05, 0) is 25.1 Å². The molecule has 0 spiro atoms. The zero-order chi connectivity index (χ0) is 10.4. The molecule has 1 heterocycles. The summed E-state index contributed by atoms with van der Waals surface area (Å²) in [6.07, 6.45) is 2.62. The van der Waals surface area contributed by atoms with Crippen molar-refractivity contribution in [2.24, 2.45) is 5.92 Å². The topological polar surface area (TPSA) is 6.48 Å². The molecule has 0 aliphatic carbocycles. The standard InChI is InChI=1S/C11H24N2S/c1-3-4-11(10-14)9-13-7-5-12(2)6-8-13/h11,14H,3-10H2,1-2H3. The number of piperazine rings is 1. The third-order valence-electron chi connectivity index (χ3n) is 3.07. The molecule has 1 rings (SSSR count). The Bertz CT molecular complexity index is 144. The maximum absolute atomic E-state index is 4.43. The number of rotatable bonds is 5. The lowest BCUT2D eigenvalue weighted by Gasteiger charge is -2.34. The van der Waals surface area contributed by atoms with E-state index in [9.17, 15) is 0 Å². The molecule has 1 aliphatic heterocycles. The van der Waals surface area contributed by atoms with Crippen molar-refractivity contribution in [2.45, 2.75) is 19.8 Å². The Balaban J connectivity index is 2.21. The van der Waals surface area contributed by atoms with Gasteiger partial charge in [0.1, 0.15) is 0 Å². The second kappa shape index (κ2) is 6.70. The first kappa shape index (κ1) is 12.3. The van der Waals surface area contributed by atoms with E-state index < -0.39 is 0 Å². The van der Waals surface area contributed by atoms with Crippen molar-refractivity contribution >= 4 is 12.6 Å². The van der Waals surface area contributed by atoms with Gasteiger partial charge in [0.15, 0.2) is 0 Å². The lowest BCUT2D eigenvalue weighted by atomic mass is 10.1. The quantitative estimate of drug-likeness (QED) is 0.697. The molecule has 0 aromatic heterocycles. The summed E-state index contributed by atoms with van der Waals surface area (Å²) in [7, 11) is 2.21. The molecular weight excluding hydrogens is 192 g/mol. The van der Waals surface area contributed by atoms with Crippen LogP contribution in [0.4, 0.5) is 0 Å². The zero-order valence-corrected chi connectivity index (χ0v) is 10.5. The molecule has 14 heavy (non-hydrogen) atoms. The van der Waals surface area contributed by atoms with Crippen LogP contribution in [0.3, 0.4) is 0 Å². The van der Waals surface area contributed by atoms with Crippen LogP contribution in [-0.4, -0.2) is 55.3 Å². The van der Waals surface area contributed by atoms with E-state index in [4.69, 9.17) is 0 Å². The molecule has 1 atom stereocenters. The van der Waals surface area contributed by atoms with E-state index in [1.54, 1.807) is 0 Å². The van der Waals surface area contributed by atoms with E-state index in [1.807, 2.05) is 0 Å². The molecule has 1 aliphatic rings. The zero-order valence-electron chi connectivity index (χ0n) is 9.58. The Hall–Kier alpha value is 0.270. The van der Waals surface area contributed by atoms with Crippen LogP contribution in [0.2, 0.25) is 0 Å². The van der Waals surface area contributed by atoms with E-state index in [1.165, 1.54) is 45.6 Å². The second-order valence-electron chi connectivity index (χ2n) is 4.44. The summed E-state index contributed by atoms with van der Waals surface area (Å²) in [5.74, 6) is 1.84. The van der Waals surface area contributed by atoms with Crippen LogP contribution in [0, 0.1) is 5.92 Å². The lowest BCUT2D eigenvalue weighted by Crippen LogP contribution is -2.46. The Morgan fingerprint density at radius 2 is 1.86 bits per heavy atom. The smallest absolute Gasteiger partial charge is 0.0110 e. The first-order chi connectivity index (χ1) is 6.76. The predicted molar refractivity (Wildman–Crippen MR) is 66.2 cm³/mol. The molecule has 1 unspecified atom stereocenters. The molecule has 2 nitrogen and oxygen atoms in total. The molecule has 0 radical (unpaired) electrons. The summed E-state index contributed by atoms with van der Waals surface area (Å²) in [4.78, 5) is 5.00. The average Bonchev–Trinajstić information content (AvgIpc) is 2.20. The van der Waals surface area contributed by atoms with Crippen LogP contribution in [0.25, 0.3) is 0 Å². The van der Waals surface area contributed by atoms with Crippen molar-refractivity contribution in [3.63, 3.8) is 0 Å². The monoisotopic (exact) mass is 216 g/mol. The Morgan fingerprint density at radius 1 is 1.21 bits per heavy atom. The van der Waals surface area contributed by atoms with Gasteiger partial charge in [-0.15, -0.1) is 0 Å². The van der Waals surface area contributed by atoms with Crippen LogP contribution in [0.15, 0.2) is 0 Å². The number of nitrogens with zero attached hydrogens (tertiary/aromatic N) is 2. The molecule has 0 bridgehead atoms. The summed E-state index contributed by atoms with van der Waals surface area (Å²) in [5, 5.41) is 0. The number of hydrogen-bond acceptors (Lipinski definition) is 3. The Labute approximate surface area is 94.1 Å². The van der Waals surface area contributed by atoms with Crippen molar-refractivity contribution in [1.82, 2.24) is 9.80 Å². The van der Waals surface area contributed by atoms with Gasteiger partial charge in [-0.2, -0.15) is 12.6 Å². The van der Waals surface area contributed by atoms with Gasteiger partial charge in [-0.25, -0.2) is 0 Å². The predicted octanol–water partition coefficient (Wildman–Crippen LogP) is 1.58. The first-order valence-electron chi connectivity index (χ1n) is 5.78. The van der Waals surface area contributed by atoms with Crippen molar-refractivity contribution in [1.29, 1.82) is 0 Å². The van der Waals surface area contributed by atoms with Gasteiger partial charge in [0.25, 0.3) is 0 Å². The lowest BCUT2D eigenvalue weighted by molar-refractivity contribution is 0.138. The highest BCUT2D eigenvalue weighted by Gasteiger charge is 2.16. The van der Waals surface area contributed by atoms with Gasteiger partial charge >= 0.3 is 0 Å². The summed E-state index contributed by atoms with van der Waals surface area (Å²) in [6.45, 7) is 8.46. The highest BCUT2D eigenvalue weighted by molar-refractivity contribution is 7.80. The summed E-state index contributed by atoms with van der Waals surface area (Å²) in [5.41, 5.74) is 0.